The van der Waals surface area contributed by atoms with Crippen LogP contribution < -0.4 is 10.1 Å². The molecule has 0 radical (unpaired) electrons. The molecule has 0 bridgehead atoms. The molecule has 0 aliphatic heterocycles. The molecule has 0 saturated heterocycles. The monoisotopic (exact) mass is 567 g/mol. The molecule has 0 aromatic heterocycles. The molecule has 0 aliphatic carbocycles. The van der Waals surface area contributed by atoms with Gasteiger partial charge in [-0.15, -0.1) is 0 Å². The Morgan fingerprint density at radius 3 is 2.05 bits per heavy atom. The molecule has 0 saturated carbocycles. The van der Waals surface area contributed by atoms with Gasteiger partial charge in [0.25, 0.3) is 0 Å². The molecule has 1 unspecified atom stereocenters. The van der Waals surface area contributed by atoms with Crippen molar-refractivity contribution in [3.63, 3.8) is 0 Å². The molecule has 0 amide bonds. The first-order valence-electron chi connectivity index (χ1n) is 11.2. The van der Waals surface area contributed by atoms with Crippen LogP contribution in [0.25, 0.3) is 0 Å². The summed E-state index contributed by atoms with van der Waals surface area (Å²) in [6, 6.07) is 12.7. The summed E-state index contributed by atoms with van der Waals surface area (Å²) in [6.45, 7) is 0.823. The smallest absolute Gasteiger partial charge is 0.457 e. The quantitative estimate of drug-likeness (QED) is 0.258. The molecule has 0 fully saturated rings. The number of hydrogen-bond acceptors (Lipinski definition) is 3. The Morgan fingerprint density at radius 2 is 1.45 bits per heavy atom. The van der Waals surface area contributed by atoms with Gasteiger partial charge in [-0.05, 0) is 59.5 Å². The lowest BCUT2D eigenvalue weighted by Crippen LogP contribution is -2.40. The van der Waals surface area contributed by atoms with E-state index in [9.17, 15) is 40.2 Å². The lowest BCUT2D eigenvalue weighted by molar-refractivity contribution is -0.289. The van der Waals surface area contributed by atoms with Crippen LogP contribution in [0.2, 0.25) is 5.02 Å². The lowest BCUT2D eigenvalue weighted by atomic mass is 9.95. The zero-order valence-corrected chi connectivity index (χ0v) is 20.4. The molecule has 3 aromatic carbocycles. The second-order valence-electron chi connectivity index (χ2n) is 8.38. The Bertz CT molecular complexity index is 1250. The molecule has 2 N–H and O–H groups in total. The Kier molecular flexibility index (Phi) is 8.95. The predicted molar refractivity (Wildman–Crippen MR) is 126 cm³/mol. The standard InChI is InChI=1S/C26H22ClF8NO2/c1-2-15-12-20(9-10-21(15)27)38-19-8-4-6-17(13-19)23(36-14-22(37)25(30,31)32)16-5-3-7-18(11-16)24(28,29)26(33,34)35/h3-13,22-23,36-37H,2,14H2,1H3/t22-,23?/m1/s1. The SMILES string of the molecule is CCc1cc(Oc2cccc(C(NC[C@@H](O)C(F)(F)F)c3cccc(C(F)(F)C(F)(F)F)c3)c2)ccc1Cl. The number of benzene rings is 3. The van der Waals surface area contributed by atoms with Crippen molar-refractivity contribution in [2.75, 3.05) is 6.54 Å². The fourth-order valence-electron chi connectivity index (χ4n) is 3.63. The summed E-state index contributed by atoms with van der Waals surface area (Å²) in [5, 5.41) is 12.4. The molecule has 206 valence electrons. The minimum absolute atomic E-state index is 0.183. The number of aliphatic hydroxyl groups is 1. The van der Waals surface area contributed by atoms with E-state index in [4.69, 9.17) is 16.3 Å². The van der Waals surface area contributed by atoms with Crippen LogP contribution in [0.1, 0.15) is 35.2 Å². The van der Waals surface area contributed by atoms with Gasteiger partial charge in [-0.2, -0.15) is 35.1 Å². The van der Waals surface area contributed by atoms with Gasteiger partial charge in [0.05, 0.1) is 6.04 Å². The molecule has 12 heteroatoms. The Balaban J connectivity index is 2.00. The zero-order chi connectivity index (χ0) is 28.3. The molecule has 2 atom stereocenters. The van der Waals surface area contributed by atoms with Gasteiger partial charge in [0.2, 0.25) is 0 Å². The van der Waals surface area contributed by atoms with Gasteiger partial charge in [-0.25, -0.2) is 0 Å². The molecule has 3 nitrogen and oxygen atoms in total. The summed E-state index contributed by atoms with van der Waals surface area (Å²) in [4.78, 5) is 0. The predicted octanol–water partition coefficient (Wildman–Crippen LogP) is 7.95. The first-order valence-corrected chi connectivity index (χ1v) is 11.6. The van der Waals surface area contributed by atoms with Crippen LogP contribution >= 0.6 is 11.6 Å². The number of halogens is 9. The summed E-state index contributed by atoms with van der Waals surface area (Å²) in [5.41, 5.74) is -0.582. The highest BCUT2D eigenvalue weighted by atomic mass is 35.5. The van der Waals surface area contributed by atoms with Crippen molar-refractivity contribution >= 4 is 11.6 Å². The first kappa shape index (κ1) is 29.7. The van der Waals surface area contributed by atoms with E-state index in [1.807, 2.05) is 6.92 Å². The highest BCUT2D eigenvalue weighted by molar-refractivity contribution is 6.31. The third-order valence-corrected chi connectivity index (χ3v) is 6.03. The van der Waals surface area contributed by atoms with Crippen LogP contribution in [0.3, 0.4) is 0 Å². The van der Waals surface area contributed by atoms with Crippen molar-refractivity contribution in [2.45, 2.75) is 43.8 Å². The van der Waals surface area contributed by atoms with Crippen molar-refractivity contribution in [3.05, 3.63) is 94.0 Å². The van der Waals surface area contributed by atoms with Crippen molar-refractivity contribution in [2.24, 2.45) is 0 Å². The van der Waals surface area contributed by atoms with Crippen molar-refractivity contribution in [1.29, 1.82) is 0 Å². The number of nitrogens with one attached hydrogen (secondary N) is 1. The summed E-state index contributed by atoms with van der Waals surface area (Å²) in [5.74, 6) is -4.59. The number of rotatable bonds is 9. The maximum Gasteiger partial charge on any atom is 0.458 e. The number of ether oxygens (including phenoxy) is 1. The summed E-state index contributed by atoms with van der Waals surface area (Å²) < 4.78 is 111. The first-order chi connectivity index (χ1) is 17.6. The summed E-state index contributed by atoms with van der Waals surface area (Å²) >= 11 is 6.11. The Labute approximate surface area is 218 Å². The van der Waals surface area contributed by atoms with Crippen LogP contribution in [-0.2, 0) is 12.3 Å². The highest BCUT2D eigenvalue weighted by Crippen LogP contribution is 2.44. The maximum atomic E-state index is 14.0. The fourth-order valence-corrected chi connectivity index (χ4v) is 3.88. The van der Waals surface area contributed by atoms with Crippen molar-refractivity contribution in [3.8, 4) is 11.5 Å². The van der Waals surface area contributed by atoms with Crippen LogP contribution in [0.5, 0.6) is 11.5 Å². The normalized spacial score (nSPS) is 14.3. The average Bonchev–Trinajstić information content (AvgIpc) is 2.84. The van der Waals surface area contributed by atoms with Gasteiger partial charge in [0.1, 0.15) is 11.5 Å². The van der Waals surface area contributed by atoms with Gasteiger partial charge in [-0.3, -0.25) is 0 Å². The Hall–Kier alpha value is -2.89. The van der Waals surface area contributed by atoms with E-state index in [-0.39, 0.29) is 16.9 Å². The molecular weight excluding hydrogens is 546 g/mol. The van der Waals surface area contributed by atoms with E-state index in [0.717, 1.165) is 11.6 Å². The van der Waals surface area contributed by atoms with Crippen LogP contribution in [0.15, 0.2) is 66.7 Å². The highest BCUT2D eigenvalue weighted by Gasteiger charge is 2.58. The number of aliphatic hydroxyl groups excluding tert-OH is 1. The molecule has 0 spiro atoms. The second-order valence-corrected chi connectivity index (χ2v) is 8.78. The van der Waals surface area contributed by atoms with Gasteiger partial charge < -0.3 is 15.2 Å². The average molecular weight is 568 g/mol. The van der Waals surface area contributed by atoms with Gasteiger partial charge in [0.15, 0.2) is 6.10 Å². The number of hydrogen-bond donors (Lipinski definition) is 2. The van der Waals surface area contributed by atoms with Crippen LogP contribution in [0, 0.1) is 0 Å². The van der Waals surface area contributed by atoms with E-state index >= 15 is 0 Å². The third-order valence-electron chi connectivity index (χ3n) is 5.66. The number of aryl methyl sites for hydroxylation is 1. The van der Waals surface area contributed by atoms with E-state index in [0.29, 0.717) is 29.3 Å². The van der Waals surface area contributed by atoms with Gasteiger partial charge >= 0.3 is 18.3 Å². The van der Waals surface area contributed by atoms with Crippen LogP contribution in [0.4, 0.5) is 35.1 Å². The maximum absolute atomic E-state index is 14.0. The van der Waals surface area contributed by atoms with Gasteiger partial charge in [0, 0.05) is 17.1 Å². The zero-order valence-electron chi connectivity index (χ0n) is 19.7. The minimum atomic E-state index is -5.88. The summed E-state index contributed by atoms with van der Waals surface area (Å²) in [6.07, 6.45) is -13.1. The van der Waals surface area contributed by atoms with Crippen molar-refractivity contribution < 1.29 is 45.0 Å². The van der Waals surface area contributed by atoms with Crippen molar-refractivity contribution in [1.82, 2.24) is 5.32 Å². The second kappa shape index (κ2) is 11.5. The van der Waals surface area contributed by atoms with E-state index < -0.39 is 42.5 Å². The molecule has 0 heterocycles. The number of alkyl halides is 8. The lowest BCUT2D eigenvalue weighted by Gasteiger charge is -2.25. The Morgan fingerprint density at radius 1 is 0.842 bits per heavy atom. The topological polar surface area (TPSA) is 41.5 Å². The van der Waals surface area contributed by atoms with E-state index in [2.05, 4.69) is 5.32 Å². The van der Waals surface area contributed by atoms with E-state index in [1.54, 1.807) is 18.2 Å². The fraction of sp³-hybridized carbons (Fsp3) is 0.308. The van der Waals surface area contributed by atoms with Gasteiger partial charge in [-0.1, -0.05) is 48.9 Å². The third kappa shape index (κ3) is 6.95. The van der Waals surface area contributed by atoms with E-state index in [1.165, 1.54) is 30.3 Å². The van der Waals surface area contributed by atoms with Crippen LogP contribution in [-0.4, -0.2) is 30.1 Å². The molecule has 0 aliphatic rings. The molecule has 3 rings (SSSR count). The minimum Gasteiger partial charge on any atom is -0.457 e. The molecular formula is C26H22ClF8NO2. The molecule has 38 heavy (non-hydrogen) atoms. The molecule has 3 aromatic rings. The largest absolute Gasteiger partial charge is 0.458 e. The summed E-state index contributed by atoms with van der Waals surface area (Å²) in [7, 11) is 0.